The smallest absolute Gasteiger partial charge is 0.245 e. The molecule has 1 aromatic rings. The fraction of sp³-hybridized carbons (Fsp3) is 0.455. The van der Waals surface area contributed by atoms with E-state index in [0.29, 0.717) is 24.9 Å². The molecule has 1 aliphatic heterocycles. The zero-order valence-electron chi connectivity index (χ0n) is 24.5. The molecule has 1 N–H and O–H groups in total. The lowest BCUT2D eigenvalue weighted by atomic mass is 9.87. The summed E-state index contributed by atoms with van der Waals surface area (Å²) in [6.45, 7) is 18.5. The van der Waals surface area contributed by atoms with Gasteiger partial charge < -0.3 is 14.7 Å². The van der Waals surface area contributed by atoms with Gasteiger partial charge in [-0.05, 0) is 84.9 Å². The van der Waals surface area contributed by atoms with Gasteiger partial charge in [0.15, 0.2) is 6.29 Å². The summed E-state index contributed by atoms with van der Waals surface area (Å²) in [7, 11) is 0. The molecule has 7 heteroatoms. The number of carbonyl (C=O) groups excluding carboxylic acids is 2. The van der Waals surface area contributed by atoms with Gasteiger partial charge in [-0.2, -0.15) is 0 Å². The molecule has 0 saturated carbocycles. The molecule has 1 aliphatic carbocycles. The van der Waals surface area contributed by atoms with Gasteiger partial charge in [-0.15, -0.1) is 11.6 Å². The van der Waals surface area contributed by atoms with Crippen molar-refractivity contribution in [3.8, 4) is 5.75 Å². The number of aldehydes is 1. The van der Waals surface area contributed by atoms with Crippen molar-refractivity contribution in [2.24, 2.45) is 5.92 Å². The molecule has 1 fully saturated rings. The third-order valence-electron chi connectivity index (χ3n) is 7.35. The zero-order valence-corrected chi connectivity index (χ0v) is 25.3. The molecule has 218 valence electrons. The summed E-state index contributed by atoms with van der Waals surface area (Å²) >= 11 is 6.47. The van der Waals surface area contributed by atoms with Gasteiger partial charge >= 0.3 is 0 Å². The van der Waals surface area contributed by atoms with Crippen molar-refractivity contribution in [1.82, 2.24) is 9.80 Å². The summed E-state index contributed by atoms with van der Waals surface area (Å²) in [5, 5.41) is 10.6. The Morgan fingerprint density at radius 2 is 2.00 bits per heavy atom. The lowest BCUT2D eigenvalue weighted by Gasteiger charge is -2.43. The quantitative estimate of drug-likeness (QED) is 0.134. The topological polar surface area (TPSA) is 70.1 Å². The van der Waals surface area contributed by atoms with Gasteiger partial charge in [0.1, 0.15) is 18.1 Å². The summed E-state index contributed by atoms with van der Waals surface area (Å²) in [6.07, 6.45) is 12.2. The molecule has 1 unspecified atom stereocenters. The predicted octanol–water partition coefficient (Wildman–Crippen LogP) is 6.54. The number of ether oxygens (including phenoxy) is 1. The maximum absolute atomic E-state index is 11.9. The number of phenolic OH excluding ortho intramolecular Hbond substituents is 1. The van der Waals surface area contributed by atoms with Crippen LogP contribution in [0, 0.1) is 12.8 Å². The van der Waals surface area contributed by atoms with Crippen LogP contribution in [-0.4, -0.2) is 71.8 Å². The Bertz CT molecular complexity index is 1130. The summed E-state index contributed by atoms with van der Waals surface area (Å²) in [6, 6.07) is 3.48. The van der Waals surface area contributed by atoms with E-state index in [9.17, 15) is 14.7 Å². The first-order valence-electron chi connectivity index (χ1n) is 14.2. The summed E-state index contributed by atoms with van der Waals surface area (Å²) in [5.74, 6) is 1.59. The van der Waals surface area contributed by atoms with Gasteiger partial charge in [0.25, 0.3) is 0 Å². The molecule has 1 amide bonds. The Balaban J connectivity index is 0.00000274. The number of likely N-dealkylation sites (N-methyl/N-ethyl adjacent to an activating group) is 1. The van der Waals surface area contributed by atoms with E-state index in [2.05, 4.69) is 25.0 Å². The minimum absolute atomic E-state index is 0.0197. The van der Waals surface area contributed by atoms with Gasteiger partial charge in [0.05, 0.1) is 6.04 Å². The van der Waals surface area contributed by atoms with Crippen LogP contribution >= 0.6 is 11.6 Å². The predicted molar refractivity (Wildman–Crippen MR) is 166 cm³/mol. The number of halogens is 1. The van der Waals surface area contributed by atoms with Crippen LogP contribution in [0.25, 0.3) is 11.6 Å². The molecule has 0 aromatic heterocycles. The maximum atomic E-state index is 11.9. The molecule has 0 radical (unpaired) electrons. The van der Waals surface area contributed by atoms with E-state index in [4.69, 9.17) is 16.3 Å². The molecule has 3 rings (SSSR count). The highest BCUT2D eigenvalue weighted by Crippen LogP contribution is 2.36. The Labute approximate surface area is 245 Å². The van der Waals surface area contributed by atoms with E-state index < -0.39 is 0 Å². The van der Waals surface area contributed by atoms with Crippen molar-refractivity contribution in [3.05, 3.63) is 77.6 Å². The third kappa shape index (κ3) is 8.45. The van der Waals surface area contributed by atoms with E-state index >= 15 is 0 Å². The minimum Gasteiger partial charge on any atom is -0.508 e. The molecule has 1 heterocycles. The minimum atomic E-state index is -0.0409. The second-order valence-corrected chi connectivity index (χ2v) is 10.1. The van der Waals surface area contributed by atoms with Crippen molar-refractivity contribution in [2.75, 3.05) is 38.7 Å². The molecule has 0 spiro atoms. The molecule has 40 heavy (non-hydrogen) atoms. The van der Waals surface area contributed by atoms with Crippen molar-refractivity contribution in [3.63, 3.8) is 0 Å². The first kappa shape index (κ1) is 33.1. The number of nitrogens with zero attached hydrogens (tertiary/aromatic N) is 2. The number of hydrogen-bond donors (Lipinski definition) is 1. The molecule has 6 nitrogen and oxygen atoms in total. The fourth-order valence-electron chi connectivity index (χ4n) is 5.31. The Morgan fingerprint density at radius 1 is 1.27 bits per heavy atom. The van der Waals surface area contributed by atoms with Crippen LogP contribution < -0.4 is 0 Å². The molecule has 1 aromatic carbocycles. The molecule has 2 aliphatic rings. The number of amides is 1. The molecule has 1 saturated heterocycles. The van der Waals surface area contributed by atoms with Crippen LogP contribution in [0.5, 0.6) is 5.75 Å². The number of allylic oxidation sites excluding steroid dienone is 5. The number of phenols is 1. The zero-order chi connectivity index (χ0) is 29.7. The van der Waals surface area contributed by atoms with Crippen molar-refractivity contribution in [1.29, 1.82) is 0 Å². The summed E-state index contributed by atoms with van der Waals surface area (Å²) < 4.78 is 6.09. The standard InChI is InChI=1S/C31H39ClN2O4.C2H6/c1-5-8-10-24-15-26(36)16-27(22(24)4)28-17-30(38-14-13-35)29(12-9-11-25(28)18-32)33(7-3)19-23-20-34(21-23)31(37)6-2;1-2/h5-6,8,10,13,15-17,23,29,36H,1-2,7,9,11-12,14,18-21H2,3-4H3;1-2H3/b10-8-,28-25-,30-17+;. The SMILES string of the molecule is C=C/C=C\c1cc(O)cc(C2=C(\CCl)CCCC(N(CC)CC3CN(C(=O)C=C)C3)/C(OCC=O)=C\2)c1C.CC. The molecule has 1 atom stereocenters. The third-order valence-corrected chi connectivity index (χ3v) is 7.67. The highest BCUT2D eigenvalue weighted by molar-refractivity contribution is 6.20. The average Bonchev–Trinajstić information content (AvgIpc) is 2.94. The number of benzene rings is 1. The van der Waals surface area contributed by atoms with E-state index in [1.165, 1.54) is 6.08 Å². The van der Waals surface area contributed by atoms with Gasteiger partial charge in [-0.3, -0.25) is 14.5 Å². The number of likely N-dealkylation sites (tertiary alicyclic amines) is 1. The molecular weight excluding hydrogens is 524 g/mol. The fourth-order valence-corrected chi connectivity index (χ4v) is 5.59. The van der Waals surface area contributed by atoms with Crippen LogP contribution in [0.1, 0.15) is 56.7 Å². The Hall–Kier alpha value is -3.09. The van der Waals surface area contributed by atoms with E-state index in [1.807, 2.05) is 39.0 Å². The van der Waals surface area contributed by atoms with Crippen molar-refractivity contribution >= 4 is 35.4 Å². The lowest BCUT2D eigenvalue weighted by Crippen LogP contribution is -2.54. The highest BCUT2D eigenvalue weighted by atomic mass is 35.5. The van der Waals surface area contributed by atoms with Crippen LogP contribution in [0.3, 0.4) is 0 Å². The number of alkyl halides is 1. The average molecular weight is 569 g/mol. The summed E-state index contributed by atoms with van der Waals surface area (Å²) in [5.41, 5.74) is 4.79. The summed E-state index contributed by atoms with van der Waals surface area (Å²) in [4.78, 5) is 27.4. The van der Waals surface area contributed by atoms with E-state index in [-0.39, 0.29) is 24.3 Å². The highest BCUT2D eigenvalue weighted by Gasteiger charge is 2.34. The molecular formula is C33H45ClN2O4. The Kier molecular flexibility index (Phi) is 14.0. The second kappa shape index (κ2) is 16.9. The van der Waals surface area contributed by atoms with Crippen LogP contribution in [0.4, 0.5) is 0 Å². The van der Waals surface area contributed by atoms with Crippen molar-refractivity contribution in [2.45, 2.75) is 53.0 Å². The molecule has 0 bridgehead atoms. The normalized spacial score (nSPS) is 20.9. The van der Waals surface area contributed by atoms with Crippen LogP contribution in [0.15, 0.2) is 60.9 Å². The number of carbonyl (C=O) groups is 2. The van der Waals surface area contributed by atoms with Gasteiger partial charge in [-0.25, -0.2) is 0 Å². The first-order valence-corrected chi connectivity index (χ1v) is 14.7. The van der Waals surface area contributed by atoms with Gasteiger partial charge in [-0.1, -0.05) is 52.2 Å². The van der Waals surface area contributed by atoms with Gasteiger partial charge in [0.2, 0.25) is 5.91 Å². The number of hydrogen-bond acceptors (Lipinski definition) is 5. The second-order valence-electron chi connectivity index (χ2n) is 9.79. The monoisotopic (exact) mass is 568 g/mol. The Morgan fingerprint density at radius 3 is 2.60 bits per heavy atom. The van der Waals surface area contributed by atoms with Gasteiger partial charge in [0, 0.05) is 31.4 Å². The number of rotatable bonds is 12. The van der Waals surface area contributed by atoms with Crippen LogP contribution in [-0.2, 0) is 14.3 Å². The largest absolute Gasteiger partial charge is 0.508 e. The van der Waals surface area contributed by atoms with E-state index in [1.54, 1.807) is 23.1 Å². The van der Waals surface area contributed by atoms with Crippen molar-refractivity contribution < 1.29 is 19.4 Å². The first-order chi connectivity index (χ1) is 19.4. The van der Waals surface area contributed by atoms with E-state index in [0.717, 1.165) is 72.2 Å². The maximum Gasteiger partial charge on any atom is 0.245 e. The number of aromatic hydroxyl groups is 1. The van der Waals surface area contributed by atoms with Crippen LogP contribution in [0.2, 0.25) is 0 Å². The lowest BCUT2D eigenvalue weighted by molar-refractivity contribution is -0.132.